The number of oxime groups is 1. The second kappa shape index (κ2) is 6.72. The molecule has 0 saturated carbocycles. The van der Waals surface area contributed by atoms with E-state index in [-0.39, 0.29) is 24.9 Å². The molecule has 2 aliphatic heterocycles. The number of ether oxygens (including phenoxy) is 1. The van der Waals surface area contributed by atoms with E-state index in [1.54, 1.807) is 11.7 Å². The lowest BCUT2D eigenvalue weighted by Gasteiger charge is -2.42. The highest BCUT2D eigenvalue weighted by Crippen LogP contribution is 2.39. The van der Waals surface area contributed by atoms with Gasteiger partial charge in [0.1, 0.15) is 11.1 Å². The van der Waals surface area contributed by atoms with Gasteiger partial charge >= 0.3 is 0 Å². The van der Waals surface area contributed by atoms with Crippen LogP contribution in [-0.2, 0) is 9.57 Å². The van der Waals surface area contributed by atoms with E-state index in [0.717, 1.165) is 40.5 Å². The molecule has 0 spiro atoms. The molecule has 0 amide bonds. The third-order valence-corrected chi connectivity index (χ3v) is 5.84. The van der Waals surface area contributed by atoms with Crippen LogP contribution in [0.1, 0.15) is 18.7 Å². The number of aromatic nitrogens is 1. The van der Waals surface area contributed by atoms with Gasteiger partial charge in [-0.15, -0.1) is 22.9 Å². The van der Waals surface area contributed by atoms with Crippen LogP contribution < -0.4 is 0 Å². The minimum absolute atomic E-state index is 0.0785. The number of nitrogens with zero attached hydrogens (tertiary/aromatic N) is 3. The summed E-state index contributed by atoms with van der Waals surface area (Å²) in [7, 11) is 0. The monoisotopic (exact) mass is 381 g/mol. The topological polar surface area (TPSA) is 67.2 Å². The fourth-order valence-electron chi connectivity index (χ4n) is 3.70. The summed E-state index contributed by atoms with van der Waals surface area (Å²) in [5.41, 5.74) is 5.16. The number of halogens is 1. The third kappa shape index (κ3) is 2.99. The van der Waals surface area contributed by atoms with Crippen molar-refractivity contribution in [1.29, 1.82) is 0 Å². The molecule has 1 aliphatic carbocycles. The first-order chi connectivity index (χ1) is 12.1. The van der Waals surface area contributed by atoms with E-state index in [0.29, 0.717) is 0 Å². The number of aliphatic hydroxyl groups is 1. The van der Waals surface area contributed by atoms with E-state index in [1.807, 2.05) is 19.9 Å². The molecule has 1 saturated heterocycles. The zero-order chi connectivity index (χ0) is 17.6. The van der Waals surface area contributed by atoms with E-state index in [1.165, 1.54) is 11.3 Å². The summed E-state index contributed by atoms with van der Waals surface area (Å²) in [5, 5.41) is 13.8. The first kappa shape index (κ1) is 17.0. The number of rotatable bonds is 3. The summed E-state index contributed by atoms with van der Waals surface area (Å²) in [6, 6.07) is 0. The van der Waals surface area contributed by atoms with Crippen molar-refractivity contribution >= 4 is 28.6 Å². The molecular formula is C17H20ClN3O3S. The van der Waals surface area contributed by atoms with E-state index < -0.39 is 5.38 Å². The van der Waals surface area contributed by atoms with Crippen LogP contribution in [0, 0.1) is 0 Å². The van der Waals surface area contributed by atoms with Crippen LogP contribution in [0.25, 0.3) is 0 Å². The highest BCUT2D eigenvalue weighted by Gasteiger charge is 2.43. The summed E-state index contributed by atoms with van der Waals surface area (Å²) < 4.78 is 5.82. The number of morpholine rings is 1. The molecule has 1 fully saturated rings. The van der Waals surface area contributed by atoms with E-state index in [9.17, 15) is 5.11 Å². The second-order valence-electron chi connectivity index (χ2n) is 6.56. The van der Waals surface area contributed by atoms with Crippen molar-refractivity contribution in [2.24, 2.45) is 5.16 Å². The van der Waals surface area contributed by atoms with Crippen LogP contribution in [0.3, 0.4) is 0 Å². The van der Waals surface area contributed by atoms with Crippen molar-refractivity contribution in [2.75, 3.05) is 19.7 Å². The van der Waals surface area contributed by atoms with Gasteiger partial charge in [-0.3, -0.25) is 4.98 Å². The predicted octanol–water partition coefficient (Wildman–Crippen LogP) is 2.15. The summed E-state index contributed by atoms with van der Waals surface area (Å²) in [5.74, 6) is 0. The Morgan fingerprint density at radius 3 is 2.76 bits per heavy atom. The van der Waals surface area contributed by atoms with Crippen LogP contribution >= 0.6 is 22.9 Å². The van der Waals surface area contributed by atoms with Crippen molar-refractivity contribution in [3.63, 3.8) is 0 Å². The summed E-state index contributed by atoms with van der Waals surface area (Å²) in [4.78, 5) is 12.9. The summed E-state index contributed by atoms with van der Waals surface area (Å²) >= 11 is 8.31. The maximum Gasteiger partial charge on any atom is 0.176 e. The molecule has 0 bridgehead atoms. The van der Waals surface area contributed by atoms with Gasteiger partial charge in [-0.2, -0.15) is 0 Å². The minimum Gasteiger partial charge on any atom is -0.392 e. The largest absolute Gasteiger partial charge is 0.392 e. The molecule has 1 aromatic rings. The lowest BCUT2D eigenvalue weighted by atomic mass is 9.89. The van der Waals surface area contributed by atoms with Gasteiger partial charge in [-0.05, 0) is 25.5 Å². The van der Waals surface area contributed by atoms with Gasteiger partial charge in [-0.1, -0.05) is 5.16 Å². The highest BCUT2D eigenvalue weighted by atomic mass is 35.5. The minimum atomic E-state index is -0.408. The SMILES string of the molecule is CC1CN(C2=C(CO)C=C3C(c4cncs4)=NOC3C2Cl)CC(C)O1. The van der Waals surface area contributed by atoms with Crippen LogP contribution in [-0.4, -0.2) is 64.1 Å². The molecule has 1 aromatic heterocycles. The van der Waals surface area contributed by atoms with E-state index in [2.05, 4.69) is 15.0 Å². The third-order valence-electron chi connectivity index (χ3n) is 4.62. The number of hydrogen-bond acceptors (Lipinski definition) is 7. The smallest absolute Gasteiger partial charge is 0.176 e. The number of thiazole rings is 1. The number of hydrogen-bond donors (Lipinski definition) is 1. The molecule has 0 aromatic carbocycles. The van der Waals surface area contributed by atoms with Crippen molar-refractivity contribution < 1.29 is 14.7 Å². The maximum absolute atomic E-state index is 9.97. The standard InChI is InChI=1S/C17H20ClN3O3S/c1-9-5-21(6-10(2)23-9)16-11(7-22)3-12-15(13-4-19-8-25-13)20-24-17(12)14(16)18/h3-4,8-10,14,17,22H,5-7H2,1-2H3. The molecule has 134 valence electrons. The van der Waals surface area contributed by atoms with E-state index in [4.69, 9.17) is 21.2 Å². The lowest BCUT2D eigenvalue weighted by molar-refractivity contribution is -0.0604. The Balaban J connectivity index is 1.71. The first-order valence-electron chi connectivity index (χ1n) is 8.31. The Morgan fingerprint density at radius 2 is 2.12 bits per heavy atom. The van der Waals surface area contributed by atoms with Gasteiger partial charge in [0, 0.05) is 30.6 Å². The van der Waals surface area contributed by atoms with Crippen LogP contribution in [0.5, 0.6) is 0 Å². The van der Waals surface area contributed by atoms with Gasteiger partial charge in [0.25, 0.3) is 0 Å². The summed E-state index contributed by atoms with van der Waals surface area (Å²) in [6.45, 7) is 5.50. The molecule has 1 N–H and O–H groups in total. The van der Waals surface area contributed by atoms with Crippen LogP contribution in [0.4, 0.5) is 0 Å². The van der Waals surface area contributed by atoms with Gasteiger partial charge in [0.15, 0.2) is 6.10 Å². The number of alkyl halides is 1. The molecule has 4 rings (SSSR count). The van der Waals surface area contributed by atoms with E-state index >= 15 is 0 Å². The zero-order valence-corrected chi connectivity index (χ0v) is 15.6. The molecule has 0 radical (unpaired) electrons. The van der Waals surface area contributed by atoms with Crippen molar-refractivity contribution in [1.82, 2.24) is 9.88 Å². The fraction of sp³-hybridized carbons (Fsp3) is 0.529. The number of fused-ring (bicyclic) bond motifs is 1. The summed E-state index contributed by atoms with van der Waals surface area (Å²) in [6.07, 6.45) is 3.60. The molecule has 6 nitrogen and oxygen atoms in total. The molecule has 8 heteroatoms. The Labute approximate surface area is 155 Å². The highest BCUT2D eigenvalue weighted by molar-refractivity contribution is 7.12. The molecular weight excluding hydrogens is 362 g/mol. The average Bonchev–Trinajstić information content (AvgIpc) is 3.22. The average molecular weight is 382 g/mol. The molecule has 3 heterocycles. The van der Waals surface area contributed by atoms with Crippen molar-refractivity contribution in [3.05, 3.63) is 39.5 Å². The quantitative estimate of drug-likeness (QED) is 0.812. The first-order valence-corrected chi connectivity index (χ1v) is 9.63. The fourth-order valence-corrected chi connectivity index (χ4v) is 4.78. The molecule has 25 heavy (non-hydrogen) atoms. The molecule has 3 aliphatic rings. The van der Waals surface area contributed by atoms with Crippen LogP contribution in [0.2, 0.25) is 0 Å². The second-order valence-corrected chi connectivity index (χ2v) is 7.92. The van der Waals surface area contributed by atoms with Crippen molar-refractivity contribution in [2.45, 2.75) is 37.5 Å². The Kier molecular flexibility index (Phi) is 4.58. The van der Waals surface area contributed by atoms with Gasteiger partial charge in [-0.25, -0.2) is 0 Å². The maximum atomic E-state index is 9.97. The number of aliphatic hydroxyl groups excluding tert-OH is 1. The Morgan fingerprint density at radius 1 is 1.36 bits per heavy atom. The zero-order valence-electron chi connectivity index (χ0n) is 14.1. The van der Waals surface area contributed by atoms with Gasteiger partial charge in [0.05, 0.1) is 29.2 Å². The normalized spacial score (nSPS) is 32.2. The molecule has 4 unspecified atom stereocenters. The van der Waals surface area contributed by atoms with Crippen molar-refractivity contribution in [3.8, 4) is 0 Å². The predicted molar refractivity (Wildman–Crippen MR) is 96.9 cm³/mol. The Bertz CT molecular complexity index is 736. The van der Waals surface area contributed by atoms with Crippen LogP contribution in [0.15, 0.2) is 39.8 Å². The van der Waals surface area contributed by atoms with Gasteiger partial charge in [0.2, 0.25) is 0 Å². The Hall–Kier alpha value is -1.41. The lowest BCUT2D eigenvalue weighted by Crippen LogP contribution is -2.49. The van der Waals surface area contributed by atoms with Gasteiger partial charge < -0.3 is 19.6 Å². The molecule has 4 atom stereocenters.